The second-order valence-electron chi connectivity index (χ2n) is 17.2. The minimum Gasteiger partial charge on any atom is -0.457 e. The zero-order chi connectivity index (χ0) is 55.0. The summed E-state index contributed by atoms with van der Waals surface area (Å²) < 4.78 is 117. The van der Waals surface area contributed by atoms with Gasteiger partial charge >= 0.3 is 0 Å². The fourth-order valence-corrected chi connectivity index (χ4v) is 11.6. The quantitative estimate of drug-likeness (QED) is 0.0750. The second kappa shape index (κ2) is 22.7. The van der Waals surface area contributed by atoms with E-state index in [1.807, 2.05) is 0 Å². The number of benzene rings is 10. The molecular formula is C64H42O12S3. The van der Waals surface area contributed by atoms with Gasteiger partial charge in [-0.3, -0.25) is 0 Å². The summed E-state index contributed by atoms with van der Waals surface area (Å²) >= 11 is 0. The molecule has 0 heterocycles. The first kappa shape index (κ1) is 52.4. The molecule has 0 spiro atoms. The molecule has 10 rings (SSSR count). The molecule has 10 aromatic rings. The van der Waals surface area contributed by atoms with E-state index in [1.54, 1.807) is 170 Å². The van der Waals surface area contributed by atoms with Crippen molar-refractivity contribution in [2.24, 2.45) is 0 Å². The molecule has 15 heteroatoms. The monoisotopic (exact) mass is 1100 g/mol. The van der Waals surface area contributed by atoms with Gasteiger partial charge < -0.3 is 28.4 Å². The first-order valence-electron chi connectivity index (χ1n) is 24.0. The third-order valence-corrected chi connectivity index (χ3v) is 17.2. The van der Waals surface area contributed by atoms with Crippen LogP contribution in [0.1, 0.15) is 11.1 Å². The van der Waals surface area contributed by atoms with Gasteiger partial charge in [-0.15, -0.1) is 12.8 Å². The van der Waals surface area contributed by atoms with Crippen LogP contribution < -0.4 is 28.4 Å². The van der Waals surface area contributed by atoms with Crippen molar-refractivity contribution in [1.29, 1.82) is 0 Å². The second-order valence-corrected chi connectivity index (χ2v) is 23.1. The lowest BCUT2D eigenvalue weighted by atomic mass is 10.2. The highest BCUT2D eigenvalue weighted by atomic mass is 32.2. The Morgan fingerprint density at radius 1 is 0.228 bits per heavy atom. The van der Waals surface area contributed by atoms with Gasteiger partial charge in [-0.05, 0) is 218 Å². The molecule has 0 N–H and O–H groups in total. The molecule has 0 aliphatic rings. The molecule has 0 aliphatic heterocycles. The van der Waals surface area contributed by atoms with Crippen molar-refractivity contribution < 1.29 is 53.7 Å². The van der Waals surface area contributed by atoms with E-state index >= 15 is 0 Å². The molecular weight excluding hydrogens is 1060 g/mol. The number of sulfone groups is 3. The molecule has 79 heavy (non-hydrogen) atoms. The van der Waals surface area contributed by atoms with Gasteiger partial charge in [0.05, 0.1) is 29.4 Å². The van der Waals surface area contributed by atoms with E-state index in [4.69, 9.17) is 41.3 Å². The molecule has 0 fully saturated rings. The van der Waals surface area contributed by atoms with E-state index in [0.717, 1.165) is 0 Å². The summed E-state index contributed by atoms with van der Waals surface area (Å²) in [5.74, 6) is 10.4. The Balaban J connectivity index is 0.697. The molecule has 0 bridgehead atoms. The van der Waals surface area contributed by atoms with E-state index in [2.05, 4.69) is 11.8 Å². The first-order valence-corrected chi connectivity index (χ1v) is 28.4. The molecule has 0 aliphatic carbocycles. The topological polar surface area (TPSA) is 158 Å². The summed E-state index contributed by atoms with van der Waals surface area (Å²) in [4.78, 5) is 0.468. The molecule has 0 amide bonds. The van der Waals surface area contributed by atoms with Gasteiger partial charge in [0.25, 0.3) is 0 Å². The maximum absolute atomic E-state index is 13.6. The first-order chi connectivity index (χ1) is 38.2. The summed E-state index contributed by atoms with van der Waals surface area (Å²) in [7, 11) is -11.6. The van der Waals surface area contributed by atoms with Crippen LogP contribution >= 0.6 is 0 Å². The molecule has 0 saturated heterocycles. The minimum absolute atomic E-state index is 0.0532. The van der Waals surface area contributed by atoms with Gasteiger partial charge in [0.1, 0.15) is 69.0 Å². The van der Waals surface area contributed by atoms with Crippen LogP contribution in [-0.4, -0.2) is 25.3 Å². The maximum Gasteiger partial charge on any atom is 0.206 e. The molecule has 12 nitrogen and oxygen atoms in total. The molecule has 10 aromatic carbocycles. The molecule has 0 aromatic heterocycles. The van der Waals surface area contributed by atoms with E-state index in [0.29, 0.717) is 80.1 Å². The average Bonchev–Trinajstić information content (AvgIpc) is 3.50. The Morgan fingerprint density at radius 3 is 0.620 bits per heavy atom. The van der Waals surface area contributed by atoms with Gasteiger partial charge in [0, 0.05) is 17.2 Å². The van der Waals surface area contributed by atoms with Crippen molar-refractivity contribution in [2.75, 3.05) is 0 Å². The van der Waals surface area contributed by atoms with Crippen LogP contribution in [0.5, 0.6) is 69.0 Å². The van der Waals surface area contributed by atoms with Crippen LogP contribution in [0.4, 0.5) is 0 Å². The fourth-order valence-electron chi connectivity index (χ4n) is 7.82. The summed E-state index contributed by atoms with van der Waals surface area (Å²) in [5, 5.41) is 0. The number of rotatable bonds is 18. The van der Waals surface area contributed by atoms with Crippen molar-refractivity contribution in [1.82, 2.24) is 0 Å². The number of ether oxygens (including phenoxy) is 6. The minimum atomic E-state index is -3.91. The molecule has 0 unspecified atom stereocenters. The van der Waals surface area contributed by atoms with Crippen LogP contribution in [0, 0.1) is 24.7 Å². The summed E-state index contributed by atoms with van der Waals surface area (Å²) in [6.45, 7) is 0. The van der Waals surface area contributed by atoms with Gasteiger partial charge in [-0.2, -0.15) is 0 Å². The number of hydrogen-bond donors (Lipinski definition) is 0. The third-order valence-electron chi connectivity index (χ3n) is 11.8. The van der Waals surface area contributed by atoms with Gasteiger partial charge in [0.2, 0.25) is 29.5 Å². The largest absolute Gasteiger partial charge is 0.457 e. The molecule has 0 radical (unpaired) electrons. The van der Waals surface area contributed by atoms with E-state index < -0.39 is 29.5 Å². The Labute approximate surface area is 457 Å². The number of terminal acetylenes is 2. The summed E-state index contributed by atoms with van der Waals surface area (Å²) in [6.07, 6.45) is 10.9. The third kappa shape index (κ3) is 12.5. The molecule has 0 atom stereocenters. The predicted octanol–water partition coefficient (Wildman–Crippen LogP) is 14.9. The van der Waals surface area contributed by atoms with Crippen LogP contribution in [0.25, 0.3) is 0 Å². The van der Waals surface area contributed by atoms with Gasteiger partial charge in [-0.25, -0.2) is 25.3 Å². The maximum atomic E-state index is 13.6. The molecule has 388 valence electrons. The predicted molar refractivity (Wildman–Crippen MR) is 297 cm³/mol. The lowest BCUT2D eigenvalue weighted by Crippen LogP contribution is -2.02. The van der Waals surface area contributed by atoms with Crippen LogP contribution in [0.2, 0.25) is 0 Å². The van der Waals surface area contributed by atoms with Crippen molar-refractivity contribution in [3.63, 3.8) is 0 Å². The highest BCUT2D eigenvalue weighted by molar-refractivity contribution is 7.92. The summed E-state index contributed by atoms with van der Waals surface area (Å²) in [6, 6.07) is 63.9. The van der Waals surface area contributed by atoms with Crippen molar-refractivity contribution in [3.8, 4) is 93.7 Å². The van der Waals surface area contributed by atoms with Gasteiger partial charge in [-0.1, -0.05) is 30.0 Å². The number of hydrogen-bond acceptors (Lipinski definition) is 12. The van der Waals surface area contributed by atoms with E-state index in [9.17, 15) is 25.3 Å². The zero-order valence-corrected chi connectivity index (χ0v) is 43.8. The molecule has 0 saturated carbocycles. The lowest BCUT2D eigenvalue weighted by molar-refractivity contribution is 0.460. The van der Waals surface area contributed by atoms with E-state index in [-0.39, 0.29) is 29.4 Å². The van der Waals surface area contributed by atoms with E-state index in [1.165, 1.54) is 72.8 Å². The zero-order valence-electron chi connectivity index (χ0n) is 41.4. The van der Waals surface area contributed by atoms with Crippen LogP contribution in [0.15, 0.2) is 272 Å². The van der Waals surface area contributed by atoms with Crippen molar-refractivity contribution >= 4 is 29.5 Å². The van der Waals surface area contributed by atoms with Crippen LogP contribution in [-0.2, 0) is 29.5 Å². The lowest BCUT2D eigenvalue weighted by Gasteiger charge is -2.11. The van der Waals surface area contributed by atoms with Crippen molar-refractivity contribution in [3.05, 3.63) is 254 Å². The SMILES string of the molecule is C#Cc1cccc(Oc2ccc(S(=O)(=O)c3ccc(Oc4ccc(Oc5ccc(S(=O)(=O)c6ccc(Oc7cccc(Oc8ccc(S(=O)(=O)c9ccc(Oc%10cccc(C#C)c%10)cc9)cc8)c7)cc6)cc5)cc4)cc3)cc2)c1. The normalized spacial score (nSPS) is 11.3. The average molecular weight is 1100 g/mol. The Kier molecular flexibility index (Phi) is 15.0. The van der Waals surface area contributed by atoms with Gasteiger partial charge in [0.15, 0.2) is 0 Å². The summed E-state index contributed by atoms with van der Waals surface area (Å²) in [5.41, 5.74) is 1.33. The Morgan fingerprint density at radius 2 is 0.405 bits per heavy atom. The standard InChI is InChI=1S/C64H42O12S3/c1-3-45-8-5-10-55(42-45)73-51-22-34-61(35-23-51)77(65,66)59-30-18-49(19-31-59)71-47-14-16-48(17-15-47)72-50-20-32-60(33-21-50)78(67,68)63-38-26-53(27-39-63)75-57-12-7-13-58(44-57)76-54-28-40-64(41-29-54)79(69,70)62-36-24-52(25-37-62)74-56-11-6-9-46(4-2)43-56/h1-2,5-44H. The highest BCUT2D eigenvalue weighted by Crippen LogP contribution is 2.35. The van der Waals surface area contributed by atoms with Crippen LogP contribution in [0.3, 0.4) is 0 Å². The highest BCUT2D eigenvalue weighted by Gasteiger charge is 2.21. The Hall–Kier alpha value is -10.0. The van der Waals surface area contributed by atoms with Crippen molar-refractivity contribution in [2.45, 2.75) is 29.4 Å². The Bertz CT molecular complexity index is 4250. The fraction of sp³-hybridized carbons (Fsp3) is 0. The smallest absolute Gasteiger partial charge is 0.206 e.